The first-order valence-electron chi connectivity index (χ1n) is 10.8. The van der Waals surface area contributed by atoms with Gasteiger partial charge in [0, 0.05) is 22.1 Å². The molecule has 1 aliphatic carbocycles. The molecule has 1 aliphatic heterocycles. The highest BCUT2D eigenvalue weighted by atomic mass is 35.5. The molecule has 1 aromatic heterocycles. The molecule has 1 unspecified atom stereocenters. The number of methoxy groups -OCH3 is 1. The summed E-state index contributed by atoms with van der Waals surface area (Å²) < 4.78 is 20.0. The molecule has 0 N–H and O–H groups in total. The first kappa shape index (κ1) is 20.6. The highest BCUT2D eigenvalue weighted by Crippen LogP contribution is 2.41. The number of aromatic nitrogens is 2. The van der Waals surface area contributed by atoms with Gasteiger partial charge < -0.3 is 14.2 Å². The summed E-state index contributed by atoms with van der Waals surface area (Å²) in [7, 11) is 1.69. The van der Waals surface area contributed by atoms with E-state index in [9.17, 15) is 0 Å². The first-order chi connectivity index (χ1) is 15.0. The van der Waals surface area contributed by atoms with E-state index in [0.29, 0.717) is 5.02 Å². The summed E-state index contributed by atoms with van der Waals surface area (Å²) in [6.07, 6.45) is 2.88. The Bertz CT molecular complexity index is 1070. The third-order valence-electron chi connectivity index (χ3n) is 6.20. The van der Waals surface area contributed by atoms with E-state index in [-0.39, 0.29) is 24.4 Å². The lowest BCUT2D eigenvalue weighted by molar-refractivity contribution is -0.254. The van der Waals surface area contributed by atoms with E-state index in [2.05, 4.69) is 26.0 Å². The Balaban J connectivity index is 1.57. The molecule has 162 valence electrons. The van der Waals surface area contributed by atoms with Crippen molar-refractivity contribution in [2.75, 3.05) is 7.11 Å². The van der Waals surface area contributed by atoms with Gasteiger partial charge in [0.05, 0.1) is 30.7 Å². The molecule has 0 amide bonds. The molecular weight excluding hydrogens is 412 g/mol. The lowest BCUT2D eigenvalue weighted by atomic mass is 10.0. The van der Waals surface area contributed by atoms with E-state index in [0.717, 1.165) is 47.7 Å². The summed E-state index contributed by atoms with van der Waals surface area (Å²) in [5, 5.41) is 5.76. The predicted octanol–water partition coefficient (Wildman–Crippen LogP) is 5.46. The summed E-state index contributed by atoms with van der Waals surface area (Å²) in [5.41, 5.74) is 5.43. The van der Waals surface area contributed by atoms with Gasteiger partial charge in [-0.3, -0.25) is 0 Å². The number of halogens is 1. The van der Waals surface area contributed by atoms with Gasteiger partial charge in [0.15, 0.2) is 6.29 Å². The maximum atomic E-state index is 6.17. The van der Waals surface area contributed by atoms with Crippen LogP contribution in [0.5, 0.6) is 5.75 Å². The van der Waals surface area contributed by atoms with Crippen LogP contribution in [0.25, 0.3) is 16.9 Å². The van der Waals surface area contributed by atoms with Gasteiger partial charge in [0.1, 0.15) is 11.4 Å². The molecule has 31 heavy (non-hydrogen) atoms. The van der Waals surface area contributed by atoms with Crippen molar-refractivity contribution in [2.24, 2.45) is 5.92 Å². The van der Waals surface area contributed by atoms with Gasteiger partial charge in [-0.15, -0.1) is 0 Å². The summed E-state index contributed by atoms with van der Waals surface area (Å²) in [5.74, 6) is 1.05. The van der Waals surface area contributed by atoms with Gasteiger partial charge in [-0.25, -0.2) is 4.68 Å². The zero-order chi connectivity index (χ0) is 21.5. The van der Waals surface area contributed by atoms with E-state index in [1.165, 1.54) is 5.56 Å². The number of ether oxygens (including phenoxy) is 3. The molecule has 0 saturated carbocycles. The van der Waals surface area contributed by atoms with E-state index in [1.54, 1.807) is 7.11 Å². The minimum Gasteiger partial charge on any atom is -0.494 e. The van der Waals surface area contributed by atoms with Crippen molar-refractivity contribution in [2.45, 2.75) is 51.6 Å². The summed E-state index contributed by atoms with van der Waals surface area (Å²) >= 11 is 6.17. The molecule has 1 saturated heterocycles. The molecule has 5 rings (SSSR count). The fourth-order valence-corrected chi connectivity index (χ4v) is 4.95. The van der Waals surface area contributed by atoms with Crippen LogP contribution in [-0.4, -0.2) is 35.4 Å². The van der Waals surface area contributed by atoms with Crippen LogP contribution in [-0.2, 0) is 22.3 Å². The van der Waals surface area contributed by atoms with E-state index < -0.39 is 0 Å². The van der Waals surface area contributed by atoms with Crippen LogP contribution in [0.3, 0.4) is 0 Å². The fraction of sp³-hybridized carbons (Fsp3) is 0.400. The number of hydrogen-bond acceptors (Lipinski definition) is 4. The smallest absolute Gasteiger partial charge is 0.161 e. The first-order valence-corrected chi connectivity index (χ1v) is 11.2. The second-order valence-electron chi connectivity index (χ2n) is 8.53. The number of para-hydroxylation sites is 2. The van der Waals surface area contributed by atoms with Crippen LogP contribution in [0, 0.1) is 5.92 Å². The average Bonchev–Trinajstić information content (AvgIpc) is 3.32. The Hall–Kier alpha value is -2.34. The van der Waals surface area contributed by atoms with E-state index in [4.69, 9.17) is 30.9 Å². The van der Waals surface area contributed by atoms with Crippen molar-refractivity contribution in [3.05, 3.63) is 64.8 Å². The van der Waals surface area contributed by atoms with Crippen LogP contribution in [0.4, 0.5) is 0 Å². The normalized spacial score (nSPS) is 25.4. The molecule has 0 spiro atoms. The minimum absolute atomic E-state index is 0.189. The third-order valence-corrected chi connectivity index (χ3v) is 6.45. The van der Waals surface area contributed by atoms with E-state index >= 15 is 0 Å². The molecule has 6 heteroatoms. The summed E-state index contributed by atoms with van der Waals surface area (Å²) in [4.78, 5) is 0. The van der Waals surface area contributed by atoms with Gasteiger partial charge in [0.25, 0.3) is 0 Å². The topological polar surface area (TPSA) is 45.5 Å². The number of nitrogens with zero attached hydrogens (tertiary/aromatic N) is 2. The van der Waals surface area contributed by atoms with Gasteiger partial charge in [-0.1, -0.05) is 35.9 Å². The van der Waals surface area contributed by atoms with Gasteiger partial charge >= 0.3 is 0 Å². The molecule has 5 nitrogen and oxygen atoms in total. The monoisotopic (exact) mass is 438 g/mol. The molecule has 2 aliphatic rings. The average molecular weight is 439 g/mol. The quantitative estimate of drug-likeness (QED) is 0.542. The SMILES string of the molecule is COc1ccccc1-n1nc2c(c1-c1ccc(Cl)cc1)CC(C1O[C@@H](C)C[C@H](C)O1)C2. The van der Waals surface area contributed by atoms with Crippen molar-refractivity contribution in [1.29, 1.82) is 0 Å². The second-order valence-corrected chi connectivity index (χ2v) is 8.97. The molecular formula is C25H27ClN2O3. The number of hydrogen-bond donors (Lipinski definition) is 0. The fourth-order valence-electron chi connectivity index (χ4n) is 4.82. The van der Waals surface area contributed by atoms with Crippen LogP contribution in [0.15, 0.2) is 48.5 Å². The zero-order valence-corrected chi connectivity index (χ0v) is 18.8. The largest absolute Gasteiger partial charge is 0.494 e. The van der Waals surface area contributed by atoms with Crippen LogP contribution < -0.4 is 4.74 Å². The van der Waals surface area contributed by atoms with Crippen molar-refractivity contribution in [3.8, 4) is 22.7 Å². The maximum absolute atomic E-state index is 6.17. The Morgan fingerprint density at radius 3 is 2.42 bits per heavy atom. The third kappa shape index (κ3) is 3.86. The van der Waals surface area contributed by atoms with Crippen molar-refractivity contribution >= 4 is 11.6 Å². The molecule has 2 heterocycles. The number of benzene rings is 2. The Morgan fingerprint density at radius 1 is 1.00 bits per heavy atom. The standard InChI is InChI=1S/C25H27ClN2O3/c1-15-12-16(2)31-25(30-15)18-13-20-21(14-18)27-28(22-6-4-5-7-23(22)29-3)24(20)17-8-10-19(26)11-9-17/h4-11,15-16,18,25H,12-14H2,1-3H3/t15-,16-,18?/m0/s1. The lowest BCUT2D eigenvalue weighted by Crippen LogP contribution is -2.40. The molecule has 2 aromatic carbocycles. The highest BCUT2D eigenvalue weighted by molar-refractivity contribution is 6.30. The van der Waals surface area contributed by atoms with Gasteiger partial charge in [-0.05, 0) is 57.4 Å². The molecule has 0 bridgehead atoms. The van der Waals surface area contributed by atoms with Crippen molar-refractivity contribution in [3.63, 3.8) is 0 Å². The zero-order valence-electron chi connectivity index (χ0n) is 18.0. The Labute approximate surface area is 187 Å². The van der Waals surface area contributed by atoms with Gasteiger partial charge in [-0.2, -0.15) is 5.10 Å². The molecule has 1 fully saturated rings. The summed E-state index contributed by atoms with van der Waals surface area (Å²) in [6.45, 7) is 4.25. The maximum Gasteiger partial charge on any atom is 0.161 e. The van der Waals surface area contributed by atoms with Crippen LogP contribution >= 0.6 is 11.6 Å². The molecule has 0 radical (unpaired) electrons. The lowest BCUT2D eigenvalue weighted by Gasteiger charge is -2.35. The van der Waals surface area contributed by atoms with Gasteiger partial charge in [0.2, 0.25) is 0 Å². The predicted molar refractivity (Wildman–Crippen MR) is 121 cm³/mol. The highest BCUT2D eigenvalue weighted by Gasteiger charge is 2.39. The van der Waals surface area contributed by atoms with Crippen molar-refractivity contribution in [1.82, 2.24) is 9.78 Å². The van der Waals surface area contributed by atoms with Crippen LogP contribution in [0.1, 0.15) is 31.5 Å². The Morgan fingerprint density at radius 2 is 1.71 bits per heavy atom. The second kappa shape index (κ2) is 8.30. The summed E-state index contributed by atoms with van der Waals surface area (Å²) in [6, 6.07) is 15.9. The number of fused-ring (bicyclic) bond motifs is 1. The number of rotatable bonds is 4. The van der Waals surface area contributed by atoms with E-state index in [1.807, 2.05) is 41.1 Å². The van der Waals surface area contributed by atoms with Crippen molar-refractivity contribution < 1.29 is 14.2 Å². The van der Waals surface area contributed by atoms with Crippen LogP contribution in [0.2, 0.25) is 5.02 Å². The minimum atomic E-state index is -0.189. The molecule has 3 atom stereocenters. The Kier molecular flexibility index (Phi) is 5.51. The molecule has 3 aromatic rings.